The SMILES string of the molecule is O=C(NCC1CCN(C(=O)Cc2ccncc2)CC1)c1ccc2ncsc2c1. The lowest BCUT2D eigenvalue weighted by molar-refractivity contribution is -0.131. The van der Waals surface area contributed by atoms with Gasteiger partial charge in [-0.2, -0.15) is 0 Å². The third-order valence-corrected chi connectivity index (χ3v) is 6.01. The molecule has 7 heteroatoms. The average molecular weight is 395 g/mol. The van der Waals surface area contributed by atoms with E-state index in [1.165, 1.54) is 11.3 Å². The third-order valence-electron chi connectivity index (χ3n) is 5.22. The van der Waals surface area contributed by atoms with Gasteiger partial charge in [-0.1, -0.05) is 0 Å². The molecule has 2 amide bonds. The van der Waals surface area contributed by atoms with E-state index in [9.17, 15) is 9.59 Å². The van der Waals surface area contributed by atoms with Crippen molar-refractivity contribution < 1.29 is 9.59 Å². The van der Waals surface area contributed by atoms with Gasteiger partial charge in [0.05, 0.1) is 22.1 Å². The van der Waals surface area contributed by atoms with E-state index in [4.69, 9.17) is 0 Å². The first-order chi connectivity index (χ1) is 13.7. The number of rotatable bonds is 5. The Morgan fingerprint density at radius 2 is 1.93 bits per heavy atom. The van der Waals surface area contributed by atoms with Gasteiger partial charge in [-0.3, -0.25) is 14.6 Å². The smallest absolute Gasteiger partial charge is 0.251 e. The zero-order chi connectivity index (χ0) is 19.3. The number of hydrogen-bond donors (Lipinski definition) is 1. The molecule has 0 radical (unpaired) electrons. The molecule has 1 aliphatic heterocycles. The second-order valence-corrected chi connectivity index (χ2v) is 7.99. The predicted molar refractivity (Wildman–Crippen MR) is 109 cm³/mol. The second-order valence-electron chi connectivity index (χ2n) is 7.10. The van der Waals surface area contributed by atoms with Gasteiger partial charge in [-0.15, -0.1) is 11.3 Å². The number of thiazole rings is 1. The topological polar surface area (TPSA) is 75.2 Å². The van der Waals surface area contributed by atoms with Crippen molar-refractivity contribution in [3.63, 3.8) is 0 Å². The first-order valence-electron chi connectivity index (χ1n) is 9.47. The van der Waals surface area contributed by atoms with Crippen LogP contribution >= 0.6 is 11.3 Å². The number of nitrogens with zero attached hydrogens (tertiary/aromatic N) is 3. The van der Waals surface area contributed by atoms with E-state index >= 15 is 0 Å². The Bertz CT molecular complexity index is 965. The summed E-state index contributed by atoms with van der Waals surface area (Å²) in [5.74, 6) is 0.513. The summed E-state index contributed by atoms with van der Waals surface area (Å²) in [6.07, 6.45) is 5.67. The highest BCUT2D eigenvalue weighted by Gasteiger charge is 2.23. The van der Waals surface area contributed by atoms with Crippen molar-refractivity contribution in [3.05, 3.63) is 59.4 Å². The molecule has 1 aliphatic rings. The Balaban J connectivity index is 1.24. The van der Waals surface area contributed by atoms with Gasteiger partial charge in [0.15, 0.2) is 0 Å². The van der Waals surface area contributed by atoms with Crippen molar-refractivity contribution >= 4 is 33.4 Å². The molecule has 0 spiro atoms. The summed E-state index contributed by atoms with van der Waals surface area (Å²) in [6.45, 7) is 2.14. The molecule has 0 unspecified atom stereocenters. The van der Waals surface area contributed by atoms with Gasteiger partial charge in [0.2, 0.25) is 5.91 Å². The molecule has 0 aliphatic carbocycles. The number of fused-ring (bicyclic) bond motifs is 1. The summed E-state index contributed by atoms with van der Waals surface area (Å²) in [5.41, 5.74) is 4.37. The molecule has 4 rings (SSSR count). The molecular weight excluding hydrogens is 372 g/mol. The van der Waals surface area contributed by atoms with Gasteiger partial charge in [0.1, 0.15) is 0 Å². The van der Waals surface area contributed by atoms with E-state index in [1.54, 1.807) is 17.9 Å². The summed E-state index contributed by atoms with van der Waals surface area (Å²) in [4.78, 5) is 35.0. The standard InChI is InChI=1S/C21H22N4O2S/c26-20(11-15-3-7-22-8-4-15)25-9-5-16(6-10-25)13-23-21(27)17-1-2-18-19(12-17)28-14-24-18/h1-4,7-8,12,14,16H,5-6,9-11,13H2,(H,23,27). The minimum Gasteiger partial charge on any atom is -0.352 e. The largest absolute Gasteiger partial charge is 0.352 e. The highest BCUT2D eigenvalue weighted by atomic mass is 32.1. The Kier molecular flexibility index (Phi) is 5.62. The van der Waals surface area contributed by atoms with Crippen molar-refractivity contribution in [3.8, 4) is 0 Å². The van der Waals surface area contributed by atoms with Crippen molar-refractivity contribution in [2.45, 2.75) is 19.3 Å². The van der Waals surface area contributed by atoms with E-state index in [2.05, 4.69) is 15.3 Å². The number of amides is 2. The number of piperidine rings is 1. The first kappa shape index (κ1) is 18.6. The minimum atomic E-state index is -0.0495. The summed E-state index contributed by atoms with van der Waals surface area (Å²) < 4.78 is 1.02. The van der Waals surface area contributed by atoms with Crippen molar-refractivity contribution in [1.29, 1.82) is 0 Å². The van der Waals surface area contributed by atoms with Crippen LogP contribution < -0.4 is 5.32 Å². The quantitative estimate of drug-likeness (QED) is 0.722. The Labute approximate surface area is 167 Å². The van der Waals surface area contributed by atoms with Crippen LogP contribution in [0.5, 0.6) is 0 Å². The van der Waals surface area contributed by atoms with Crippen molar-refractivity contribution in [1.82, 2.24) is 20.2 Å². The number of aromatic nitrogens is 2. The van der Waals surface area contributed by atoms with Crippen molar-refractivity contribution in [2.24, 2.45) is 5.92 Å². The van der Waals surface area contributed by atoms with Crippen LogP contribution in [-0.2, 0) is 11.2 Å². The van der Waals surface area contributed by atoms with Crippen LogP contribution in [0.25, 0.3) is 10.2 Å². The van der Waals surface area contributed by atoms with Crippen LogP contribution in [0.2, 0.25) is 0 Å². The predicted octanol–water partition coefficient (Wildman–Crippen LogP) is 2.90. The molecule has 2 aromatic heterocycles. The van der Waals surface area contributed by atoms with Gasteiger partial charge in [-0.05, 0) is 54.7 Å². The Hall–Kier alpha value is -2.80. The molecule has 0 atom stereocenters. The maximum atomic E-state index is 12.4. The molecule has 6 nitrogen and oxygen atoms in total. The number of nitrogens with one attached hydrogen (secondary N) is 1. The number of pyridine rings is 1. The van der Waals surface area contributed by atoms with E-state index in [1.807, 2.05) is 35.2 Å². The molecule has 28 heavy (non-hydrogen) atoms. The number of hydrogen-bond acceptors (Lipinski definition) is 5. The minimum absolute atomic E-state index is 0.0495. The highest BCUT2D eigenvalue weighted by Crippen LogP contribution is 2.20. The third kappa shape index (κ3) is 4.36. The first-order valence-corrected chi connectivity index (χ1v) is 10.3. The lowest BCUT2D eigenvalue weighted by Crippen LogP contribution is -2.42. The van der Waals surface area contributed by atoms with Crippen LogP contribution in [0.1, 0.15) is 28.8 Å². The molecular formula is C21H22N4O2S. The van der Waals surface area contributed by atoms with Gasteiger partial charge in [0, 0.05) is 37.6 Å². The fraction of sp³-hybridized carbons (Fsp3) is 0.333. The molecule has 3 aromatic rings. The average Bonchev–Trinajstić information content (AvgIpc) is 3.21. The fourth-order valence-electron chi connectivity index (χ4n) is 3.51. The van der Waals surface area contributed by atoms with Crippen LogP contribution in [0.3, 0.4) is 0 Å². The number of likely N-dealkylation sites (tertiary alicyclic amines) is 1. The van der Waals surface area contributed by atoms with Crippen molar-refractivity contribution in [2.75, 3.05) is 19.6 Å². The monoisotopic (exact) mass is 394 g/mol. The normalized spacial score (nSPS) is 14.9. The molecule has 0 saturated carbocycles. The van der Waals surface area contributed by atoms with Gasteiger partial charge >= 0.3 is 0 Å². The van der Waals surface area contributed by atoms with E-state index in [0.29, 0.717) is 24.4 Å². The maximum absolute atomic E-state index is 12.4. The second kappa shape index (κ2) is 8.48. The summed E-state index contributed by atoms with van der Waals surface area (Å²) in [5, 5.41) is 3.04. The Morgan fingerprint density at radius 1 is 1.14 bits per heavy atom. The molecule has 1 N–H and O–H groups in total. The lowest BCUT2D eigenvalue weighted by atomic mass is 9.96. The molecule has 1 saturated heterocycles. The summed E-state index contributed by atoms with van der Waals surface area (Å²) in [6, 6.07) is 9.35. The highest BCUT2D eigenvalue weighted by molar-refractivity contribution is 7.16. The van der Waals surface area contributed by atoms with Crippen LogP contribution in [0.15, 0.2) is 48.2 Å². The zero-order valence-corrected chi connectivity index (χ0v) is 16.3. The van der Waals surface area contributed by atoms with Crippen LogP contribution in [0, 0.1) is 5.92 Å². The van der Waals surface area contributed by atoms with Gasteiger partial charge in [-0.25, -0.2) is 4.98 Å². The molecule has 0 bridgehead atoms. The fourth-order valence-corrected chi connectivity index (χ4v) is 4.23. The number of benzene rings is 1. The molecule has 1 aromatic carbocycles. The number of carbonyl (C=O) groups is 2. The molecule has 3 heterocycles. The van der Waals surface area contributed by atoms with Crippen LogP contribution in [0.4, 0.5) is 0 Å². The van der Waals surface area contributed by atoms with E-state index in [0.717, 1.165) is 41.7 Å². The zero-order valence-electron chi connectivity index (χ0n) is 15.5. The molecule has 144 valence electrons. The molecule has 1 fully saturated rings. The Morgan fingerprint density at radius 3 is 2.71 bits per heavy atom. The summed E-state index contributed by atoms with van der Waals surface area (Å²) >= 11 is 1.54. The van der Waals surface area contributed by atoms with E-state index in [-0.39, 0.29) is 11.8 Å². The van der Waals surface area contributed by atoms with Crippen LogP contribution in [-0.4, -0.2) is 46.3 Å². The summed E-state index contributed by atoms with van der Waals surface area (Å²) in [7, 11) is 0. The van der Waals surface area contributed by atoms with Gasteiger partial charge < -0.3 is 10.2 Å². The maximum Gasteiger partial charge on any atom is 0.251 e. The number of carbonyl (C=O) groups excluding carboxylic acids is 2. The lowest BCUT2D eigenvalue weighted by Gasteiger charge is -2.32. The van der Waals surface area contributed by atoms with Gasteiger partial charge in [0.25, 0.3) is 5.91 Å². The van der Waals surface area contributed by atoms with E-state index < -0.39 is 0 Å².